The minimum atomic E-state index is 0.520. The summed E-state index contributed by atoms with van der Waals surface area (Å²) >= 11 is 1.82. The molecule has 0 aliphatic carbocycles. The summed E-state index contributed by atoms with van der Waals surface area (Å²) in [6.45, 7) is 13.1. The maximum Gasteiger partial charge on any atom is 0.185 e. The summed E-state index contributed by atoms with van der Waals surface area (Å²) in [5, 5.41) is 4.59. The predicted molar refractivity (Wildman–Crippen MR) is 81.6 cm³/mol. The zero-order valence-electron chi connectivity index (χ0n) is 12.6. The van der Waals surface area contributed by atoms with Crippen LogP contribution in [0.2, 0.25) is 0 Å². The van der Waals surface area contributed by atoms with Gasteiger partial charge in [-0.05, 0) is 32.7 Å². The molecular weight excluding hydrogens is 242 g/mol. The molecule has 0 spiro atoms. The minimum absolute atomic E-state index is 0.520. The van der Waals surface area contributed by atoms with E-state index in [0.717, 1.165) is 18.2 Å². The van der Waals surface area contributed by atoms with Crippen LogP contribution in [0.1, 0.15) is 44.7 Å². The summed E-state index contributed by atoms with van der Waals surface area (Å²) in [6.07, 6.45) is 1.18. The number of aromatic nitrogens is 1. The zero-order valence-corrected chi connectivity index (χ0v) is 13.4. The molecule has 1 unspecified atom stereocenters. The zero-order chi connectivity index (χ0) is 13.7. The smallest absolute Gasteiger partial charge is 0.185 e. The molecule has 1 aromatic rings. The molecule has 1 N–H and O–H groups in total. The van der Waals surface area contributed by atoms with Crippen LogP contribution in [0.4, 0.5) is 5.13 Å². The fraction of sp³-hybridized carbons (Fsp3) is 0.786. The van der Waals surface area contributed by atoms with Gasteiger partial charge in [0, 0.05) is 24.5 Å². The molecular formula is C14H27N3S. The minimum Gasteiger partial charge on any atom is -0.348 e. The second-order valence-corrected chi connectivity index (χ2v) is 6.34. The van der Waals surface area contributed by atoms with Gasteiger partial charge in [-0.15, -0.1) is 11.3 Å². The van der Waals surface area contributed by atoms with E-state index in [1.54, 1.807) is 0 Å². The van der Waals surface area contributed by atoms with Crippen LogP contribution in [0.25, 0.3) is 0 Å². The first-order chi connectivity index (χ1) is 8.47. The molecule has 1 aromatic heterocycles. The van der Waals surface area contributed by atoms with Gasteiger partial charge >= 0.3 is 0 Å². The van der Waals surface area contributed by atoms with E-state index in [1.165, 1.54) is 17.0 Å². The number of rotatable bonds is 7. The first-order valence-electron chi connectivity index (χ1n) is 6.87. The quantitative estimate of drug-likeness (QED) is 0.769. The SMILES string of the molecule is CCCNCc1sc(N(C)C(C)C(C)C)nc1C. The Balaban J connectivity index is 2.70. The van der Waals surface area contributed by atoms with Gasteiger partial charge in [-0.2, -0.15) is 0 Å². The van der Waals surface area contributed by atoms with E-state index in [4.69, 9.17) is 4.98 Å². The molecule has 0 bridgehead atoms. The Morgan fingerprint density at radius 2 is 2.00 bits per heavy atom. The number of nitrogens with one attached hydrogen (secondary N) is 1. The van der Waals surface area contributed by atoms with Gasteiger partial charge in [0.2, 0.25) is 0 Å². The second kappa shape index (κ2) is 7.10. The highest BCUT2D eigenvalue weighted by atomic mass is 32.1. The Hall–Kier alpha value is -0.610. The summed E-state index contributed by atoms with van der Waals surface area (Å²) in [4.78, 5) is 8.36. The van der Waals surface area contributed by atoms with Crippen LogP contribution in [0.5, 0.6) is 0 Å². The molecule has 0 fully saturated rings. The van der Waals surface area contributed by atoms with Crippen LogP contribution in [-0.2, 0) is 6.54 Å². The maximum absolute atomic E-state index is 4.70. The standard InChI is InChI=1S/C14H27N3S/c1-7-8-15-9-13-11(4)16-14(18-13)17(6)12(5)10(2)3/h10,12,15H,7-9H2,1-6H3. The van der Waals surface area contributed by atoms with E-state index in [1.807, 2.05) is 11.3 Å². The van der Waals surface area contributed by atoms with Crippen molar-refractivity contribution >= 4 is 16.5 Å². The number of thiazole rings is 1. The van der Waals surface area contributed by atoms with E-state index in [2.05, 4.69) is 51.9 Å². The van der Waals surface area contributed by atoms with E-state index < -0.39 is 0 Å². The van der Waals surface area contributed by atoms with Crippen LogP contribution < -0.4 is 10.2 Å². The third-order valence-corrected chi connectivity index (χ3v) is 4.72. The molecule has 1 atom stereocenters. The summed E-state index contributed by atoms with van der Waals surface area (Å²) in [6, 6.07) is 0.520. The van der Waals surface area contributed by atoms with Gasteiger partial charge in [0.1, 0.15) is 0 Å². The highest BCUT2D eigenvalue weighted by Gasteiger charge is 2.17. The van der Waals surface area contributed by atoms with Gasteiger partial charge in [-0.1, -0.05) is 20.8 Å². The first-order valence-corrected chi connectivity index (χ1v) is 7.68. The highest BCUT2D eigenvalue weighted by Crippen LogP contribution is 2.27. The van der Waals surface area contributed by atoms with E-state index >= 15 is 0 Å². The molecule has 4 heteroatoms. The molecule has 0 amide bonds. The molecule has 104 valence electrons. The van der Waals surface area contributed by atoms with Crippen molar-refractivity contribution in [3.8, 4) is 0 Å². The van der Waals surface area contributed by atoms with Crippen LogP contribution in [0.15, 0.2) is 0 Å². The summed E-state index contributed by atoms with van der Waals surface area (Å²) in [5.41, 5.74) is 1.17. The van der Waals surface area contributed by atoms with Crippen molar-refractivity contribution in [3.05, 3.63) is 10.6 Å². The predicted octanol–water partition coefficient (Wildman–Crippen LogP) is 3.43. The van der Waals surface area contributed by atoms with Gasteiger partial charge in [0.25, 0.3) is 0 Å². The van der Waals surface area contributed by atoms with Gasteiger partial charge in [-0.3, -0.25) is 0 Å². The normalized spacial score (nSPS) is 13.1. The van der Waals surface area contributed by atoms with Crippen molar-refractivity contribution in [2.45, 2.75) is 53.6 Å². The molecule has 0 radical (unpaired) electrons. The fourth-order valence-electron chi connectivity index (χ4n) is 1.73. The number of hydrogen-bond donors (Lipinski definition) is 1. The Kier molecular flexibility index (Phi) is 6.09. The lowest BCUT2D eigenvalue weighted by Crippen LogP contribution is -2.32. The van der Waals surface area contributed by atoms with E-state index in [0.29, 0.717) is 12.0 Å². The molecule has 0 aliphatic rings. The third kappa shape index (κ3) is 3.95. The largest absolute Gasteiger partial charge is 0.348 e. The monoisotopic (exact) mass is 269 g/mol. The average Bonchev–Trinajstić information content (AvgIpc) is 2.69. The third-order valence-electron chi connectivity index (χ3n) is 3.47. The lowest BCUT2D eigenvalue weighted by atomic mass is 10.1. The van der Waals surface area contributed by atoms with Crippen molar-refractivity contribution in [3.63, 3.8) is 0 Å². The Bertz CT molecular complexity index is 360. The Labute approximate surface area is 116 Å². The van der Waals surface area contributed by atoms with Crippen molar-refractivity contribution in [1.82, 2.24) is 10.3 Å². The number of anilines is 1. The number of nitrogens with zero attached hydrogens (tertiary/aromatic N) is 2. The summed E-state index contributed by atoms with van der Waals surface area (Å²) in [5.74, 6) is 0.640. The van der Waals surface area contributed by atoms with Crippen molar-refractivity contribution in [1.29, 1.82) is 0 Å². The van der Waals surface area contributed by atoms with E-state index in [-0.39, 0.29) is 0 Å². The van der Waals surface area contributed by atoms with E-state index in [9.17, 15) is 0 Å². The molecule has 0 aliphatic heterocycles. The number of aryl methyl sites for hydroxylation is 1. The van der Waals surface area contributed by atoms with Crippen molar-refractivity contribution in [2.75, 3.05) is 18.5 Å². The summed E-state index contributed by atoms with van der Waals surface area (Å²) in [7, 11) is 2.15. The fourth-order valence-corrected chi connectivity index (χ4v) is 2.81. The molecule has 0 saturated heterocycles. The van der Waals surface area contributed by atoms with Gasteiger partial charge in [0.05, 0.1) is 5.69 Å². The van der Waals surface area contributed by atoms with Crippen molar-refractivity contribution < 1.29 is 0 Å². The molecule has 1 rings (SSSR count). The first kappa shape index (κ1) is 15.4. The Morgan fingerprint density at radius 1 is 1.33 bits per heavy atom. The molecule has 0 aromatic carbocycles. The molecule has 18 heavy (non-hydrogen) atoms. The Morgan fingerprint density at radius 3 is 2.56 bits per heavy atom. The highest BCUT2D eigenvalue weighted by molar-refractivity contribution is 7.15. The van der Waals surface area contributed by atoms with Crippen LogP contribution in [0, 0.1) is 12.8 Å². The second-order valence-electron chi connectivity index (χ2n) is 5.28. The molecule has 0 saturated carbocycles. The average molecular weight is 269 g/mol. The van der Waals surface area contributed by atoms with Crippen LogP contribution in [-0.4, -0.2) is 24.6 Å². The van der Waals surface area contributed by atoms with Crippen LogP contribution >= 0.6 is 11.3 Å². The number of hydrogen-bond acceptors (Lipinski definition) is 4. The van der Waals surface area contributed by atoms with Crippen molar-refractivity contribution in [2.24, 2.45) is 5.92 Å². The van der Waals surface area contributed by atoms with Gasteiger partial charge in [-0.25, -0.2) is 4.98 Å². The maximum atomic E-state index is 4.70. The lowest BCUT2D eigenvalue weighted by Gasteiger charge is -2.27. The lowest BCUT2D eigenvalue weighted by molar-refractivity contribution is 0.505. The molecule has 1 heterocycles. The summed E-state index contributed by atoms with van der Waals surface area (Å²) < 4.78 is 0. The topological polar surface area (TPSA) is 28.2 Å². The van der Waals surface area contributed by atoms with Gasteiger partial charge in [0.15, 0.2) is 5.13 Å². The van der Waals surface area contributed by atoms with Crippen LogP contribution in [0.3, 0.4) is 0 Å². The van der Waals surface area contributed by atoms with Gasteiger partial charge < -0.3 is 10.2 Å². The molecule has 3 nitrogen and oxygen atoms in total.